The SMILES string of the molecule is O=S(=O)(Nc1cncc([B-](F)(F)F)c1)c1ccccc1.[K+]. The molecule has 0 aliphatic rings. The Morgan fingerprint density at radius 1 is 1.05 bits per heavy atom. The van der Waals surface area contributed by atoms with E-state index in [0.717, 1.165) is 6.20 Å². The molecular formula is C11H9BF3KN2O2S. The van der Waals surface area contributed by atoms with Gasteiger partial charge in [-0.3, -0.25) is 9.71 Å². The Bertz CT molecular complexity index is 711. The van der Waals surface area contributed by atoms with Crippen LogP contribution < -0.4 is 61.6 Å². The number of hydrogen-bond donors (Lipinski definition) is 1. The summed E-state index contributed by atoms with van der Waals surface area (Å²) in [6.45, 7) is -5.23. The topological polar surface area (TPSA) is 59.1 Å². The van der Waals surface area contributed by atoms with E-state index < -0.39 is 22.5 Å². The fourth-order valence-corrected chi connectivity index (χ4v) is 2.56. The number of pyridine rings is 1. The maximum atomic E-state index is 12.6. The van der Waals surface area contributed by atoms with Crippen molar-refractivity contribution in [2.75, 3.05) is 4.72 Å². The van der Waals surface area contributed by atoms with E-state index in [4.69, 9.17) is 0 Å². The van der Waals surface area contributed by atoms with Crippen LogP contribution in [-0.4, -0.2) is 20.4 Å². The van der Waals surface area contributed by atoms with Gasteiger partial charge in [-0.2, -0.15) is 0 Å². The minimum absolute atomic E-state index is 0. The molecule has 21 heavy (non-hydrogen) atoms. The van der Waals surface area contributed by atoms with E-state index in [1.54, 1.807) is 6.07 Å². The van der Waals surface area contributed by atoms with E-state index in [2.05, 4.69) is 9.71 Å². The molecule has 1 heterocycles. The number of aromatic nitrogens is 1. The Kier molecular flexibility index (Phi) is 6.44. The first-order valence-electron chi connectivity index (χ1n) is 5.52. The minimum atomic E-state index is -5.23. The van der Waals surface area contributed by atoms with Crippen LogP contribution in [0.2, 0.25) is 0 Å². The van der Waals surface area contributed by atoms with Crippen molar-refractivity contribution in [3.05, 3.63) is 48.8 Å². The van der Waals surface area contributed by atoms with E-state index in [0.29, 0.717) is 12.3 Å². The zero-order valence-corrected chi connectivity index (χ0v) is 14.9. The van der Waals surface area contributed by atoms with Crippen LogP contribution in [0.5, 0.6) is 0 Å². The van der Waals surface area contributed by atoms with Gasteiger partial charge in [-0.15, -0.1) is 0 Å². The van der Waals surface area contributed by atoms with E-state index >= 15 is 0 Å². The van der Waals surface area contributed by atoms with E-state index in [1.807, 2.05) is 0 Å². The third-order valence-corrected chi connectivity index (χ3v) is 3.84. The number of anilines is 1. The molecule has 0 saturated heterocycles. The molecule has 4 nitrogen and oxygen atoms in total. The molecule has 0 bridgehead atoms. The summed E-state index contributed by atoms with van der Waals surface area (Å²) in [5.41, 5.74) is -1.19. The van der Waals surface area contributed by atoms with Crippen LogP contribution in [0.4, 0.5) is 18.6 Å². The van der Waals surface area contributed by atoms with Gasteiger partial charge >= 0.3 is 58.4 Å². The van der Waals surface area contributed by atoms with Gasteiger partial charge < -0.3 is 12.9 Å². The average Bonchev–Trinajstić information content (AvgIpc) is 2.38. The molecule has 1 aromatic carbocycles. The second kappa shape index (κ2) is 7.25. The zero-order chi connectivity index (χ0) is 14.8. The van der Waals surface area contributed by atoms with Crippen LogP contribution in [-0.2, 0) is 10.0 Å². The van der Waals surface area contributed by atoms with E-state index in [-0.39, 0.29) is 62.0 Å². The molecule has 2 aromatic rings. The Labute approximate surface area is 162 Å². The molecule has 0 aliphatic heterocycles. The Hall–Kier alpha value is -0.389. The summed E-state index contributed by atoms with van der Waals surface area (Å²) in [4.78, 5) is 3.36. The van der Waals surface area contributed by atoms with Crippen molar-refractivity contribution in [2.45, 2.75) is 4.90 Å². The fourth-order valence-electron chi connectivity index (χ4n) is 1.51. The van der Waals surface area contributed by atoms with Crippen molar-refractivity contribution in [2.24, 2.45) is 0 Å². The van der Waals surface area contributed by atoms with Crippen molar-refractivity contribution in [3.63, 3.8) is 0 Å². The van der Waals surface area contributed by atoms with Crippen LogP contribution in [0.25, 0.3) is 0 Å². The van der Waals surface area contributed by atoms with Crippen molar-refractivity contribution in [3.8, 4) is 0 Å². The first kappa shape index (κ1) is 18.7. The number of rotatable bonds is 4. The minimum Gasteiger partial charge on any atom is -0.445 e. The van der Waals surface area contributed by atoms with Gasteiger partial charge in [0.05, 0.1) is 16.8 Å². The fraction of sp³-hybridized carbons (Fsp3) is 0. The second-order valence-corrected chi connectivity index (χ2v) is 5.68. The molecule has 10 heteroatoms. The van der Waals surface area contributed by atoms with E-state index in [1.165, 1.54) is 24.3 Å². The number of halogens is 3. The summed E-state index contributed by atoms with van der Waals surface area (Å²) in [6.07, 6.45) is 1.67. The quantitative estimate of drug-likeness (QED) is 0.722. The van der Waals surface area contributed by atoms with Crippen LogP contribution in [0.1, 0.15) is 0 Å². The standard InChI is InChI=1S/C11H9BF3N2O2S.K/c13-12(14,15)9-6-10(8-16-7-9)17-20(18,19)11-4-2-1-3-5-11;/h1-8,17H;/q-1;+1. The van der Waals surface area contributed by atoms with Gasteiger partial charge in [0.1, 0.15) is 0 Å². The monoisotopic (exact) mass is 340 g/mol. The number of nitrogens with one attached hydrogen (secondary N) is 1. The maximum absolute atomic E-state index is 12.6. The smallest absolute Gasteiger partial charge is 0.445 e. The molecule has 0 saturated carbocycles. The number of benzene rings is 1. The summed E-state index contributed by atoms with van der Waals surface area (Å²) in [5.74, 6) is 0. The Morgan fingerprint density at radius 2 is 1.67 bits per heavy atom. The molecule has 0 aliphatic carbocycles. The van der Waals surface area contributed by atoms with Gasteiger partial charge in [-0.1, -0.05) is 29.7 Å². The van der Waals surface area contributed by atoms with Gasteiger partial charge in [-0.05, 0) is 12.1 Å². The second-order valence-electron chi connectivity index (χ2n) is 4.00. The van der Waals surface area contributed by atoms with Crippen molar-refractivity contribution in [1.29, 1.82) is 0 Å². The molecule has 0 amide bonds. The van der Waals surface area contributed by atoms with Gasteiger partial charge in [0.25, 0.3) is 10.0 Å². The molecule has 1 aromatic heterocycles. The molecule has 1 N–H and O–H groups in total. The maximum Gasteiger partial charge on any atom is 1.00 e. The van der Waals surface area contributed by atoms with Gasteiger partial charge in [-0.25, -0.2) is 8.42 Å². The van der Waals surface area contributed by atoms with Crippen molar-refractivity contribution < 1.29 is 72.7 Å². The van der Waals surface area contributed by atoms with Gasteiger partial charge in [0, 0.05) is 6.20 Å². The summed E-state index contributed by atoms with van der Waals surface area (Å²) in [6, 6.07) is 8.06. The summed E-state index contributed by atoms with van der Waals surface area (Å²) in [7, 11) is -3.93. The molecule has 2 rings (SSSR count). The van der Waals surface area contributed by atoms with Crippen LogP contribution in [0.15, 0.2) is 53.7 Å². The molecule has 0 spiro atoms. The van der Waals surface area contributed by atoms with Crippen LogP contribution in [0.3, 0.4) is 0 Å². The Balaban J connectivity index is 0.00000220. The van der Waals surface area contributed by atoms with Crippen molar-refractivity contribution >= 4 is 28.2 Å². The normalized spacial score (nSPS) is 11.6. The van der Waals surface area contributed by atoms with E-state index in [9.17, 15) is 21.4 Å². The van der Waals surface area contributed by atoms with Crippen molar-refractivity contribution in [1.82, 2.24) is 4.98 Å². The first-order chi connectivity index (χ1) is 9.29. The predicted molar refractivity (Wildman–Crippen MR) is 70.2 cm³/mol. The van der Waals surface area contributed by atoms with Crippen LogP contribution >= 0.6 is 0 Å². The molecule has 0 unspecified atom stereocenters. The molecule has 0 radical (unpaired) electrons. The third kappa shape index (κ3) is 5.08. The van der Waals surface area contributed by atoms with Gasteiger partial charge in [0.2, 0.25) is 0 Å². The largest absolute Gasteiger partial charge is 1.00 e. The zero-order valence-electron chi connectivity index (χ0n) is 11.0. The summed E-state index contributed by atoms with van der Waals surface area (Å²) >= 11 is 0. The predicted octanol–water partition coefficient (Wildman–Crippen LogP) is -1.06. The average molecular weight is 340 g/mol. The first-order valence-corrected chi connectivity index (χ1v) is 7.00. The molecule has 0 atom stereocenters. The third-order valence-electron chi connectivity index (χ3n) is 2.44. The summed E-state index contributed by atoms with van der Waals surface area (Å²) < 4.78 is 63.7. The number of hydrogen-bond acceptors (Lipinski definition) is 3. The number of sulfonamides is 1. The molecule has 106 valence electrons. The molecule has 0 fully saturated rings. The van der Waals surface area contributed by atoms with Gasteiger partial charge in [0.15, 0.2) is 0 Å². The number of nitrogens with zero attached hydrogens (tertiary/aromatic N) is 1. The Morgan fingerprint density at radius 3 is 2.24 bits per heavy atom. The van der Waals surface area contributed by atoms with Crippen LogP contribution in [0, 0.1) is 0 Å². The summed E-state index contributed by atoms with van der Waals surface area (Å²) in [5, 5.41) is 0. The molecular weight excluding hydrogens is 331 g/mol.